The van der Waals surface area contributed by atoms with Gasteiger partial charge in [-0.3, -0.25) is 0 Å². The molecule has 1 aromatic rings. The van der Waals surface area contributed by atoms with Crippen molar-refractivity contribution in [3.63, 3.8) is 0 Å². The van der Waals surface area contributed by atoms with Crippen LogP contribution in [0.5, 0.6) is 0 Å². The van der Waals surface area contributed by atoms with E-state index in [0.717, 1.165) is 25.0 Å². The molecule has 0 radical (unpaired) electrons. The first-order chi connectivity index (χ1) is 9.29. The monoisotopic (exact) mass is 279 g/mol. The number of ether oxygens (including phenoxy) is 1. The van der Waals surface area contributed by atoms with Gasteiger partial charge >= 0.3 is 0 Å². The number of nitrogens with zero attached hydrogens (tertiary/aromatic N) is 2. The molecule has 19 heavy (non-hydrogen) atoms. The quantitative estimate of drug-likeness (QED) is 0.899. The minimum atomic E-state index is 0.0385. The van der Waals surface area contributed by atoms with Gasteiger partial charge in [0.15, 0.2) is 0 Å². The molecule has 3 heterocycles. The van der Waals surface area contributed by atoms with Crippen molar-refractivity contribution in [2.75, 3.05) is 18.1 Å². The summed E-state index contributed by atoms with van der Waals surface area (Å²) >= 11 is 2.04. The summed E-state index contributed by atoms with van der Waals surface area (Å²) in [5.41, 5.74) is 7.57. The highest BCUT2D eigenvalue weighted by Crippen LogP contribution is 2.42. The second kappa shape index (κ2) is 5.77. The predicted octanol–water partition coefficient (Wildman–Crippen LogP) is 2.17. The molecule has 0 bridgehead atoms. The van der Waals surface area contributed by atoms with Crippen LogP contribution in [0, 0.1) is 5.92 Å². The van der Waals surface area contributed by atoms with Gasteiger partial charge in [-0.2, -0.15) is 11.8 Å². The lowest BCUT2D eigenvalue weighted by molar-refractivity contribution is -0.105. The van der Waals surface area contributed by atoms with E-state index >= 15 is 0 Å². The highest BCUT2D eigenvalue weighted by atomic mass is 32.2. The van der Waals surface area contributed by atoms with Gasteiger partial charge in [0.2, 0.25) is 0 Å². The van der Waals surface area contributed by atoms with Gasteiger partial charge in [-0.1, -0.05) is 0 Å². The molecule has 2 unspecified atom stereocenters. The molecule has 2 aliphatic rings. The molecule has 2 aliphatic heterocycles. The smallest absolute Gasteiger partial charge is 0.115 e. The van der Waals surface area contributed by atoms with Crippen LogP contribution in [0.25, 0.3) is 0 Å². The Labute approximate surface area is 118 Å². The molecule has 0 aliphatic carbocycles. The third kappa shape index (κ3) is 2.93. The molecule has 2 saturated heterocycles. The topological polar surface area (TPSA) is 61.0 Å². The van der Waals surface area contributed by atoms with Gasteiger partial charge in [0.05, 0.1) is 5.60 Å². The second-order valence-electron chi connectivity index (χ2n) is 5.59. The van der Waals surface area contributed by atoms with Crippen LogP contribution in [0.4, 0.5) is 0 Å². The molecule has 1 spiro atoms. The van der Waals surface area contributed by atoms with Gasteiger partial charge < -0.3 is 10.5 Å². The summed E-state index contributed by atoms with van der Waals surface area (Å²) in [5, 5.41) is 0. The van der Waals surface area contributed by atoms with E-state index < -0.39 is 0 Å². The number of rotatable bonds is 2. The molecule has 0 amide bonds. The number of hydrogen-bond acceptors (Lipinski definition) is 5. The van der Waals surface area contributed by atoms with Gasteiger partial charge in [-0.25, -0.2) is 9.97 Å². The first kappa shape index (κ1) is 13.3. The van der Waals surface area contributed by atoms with Crippen molar-refractivity contribution in [3.05, 3.63) is 24.3 Å². The molecule has 2 N–H and O–H groups in total. The van der Waals surface area contributed by atoms with Crippen LogP contribution in [0.2, 0.25) is 0 Å². The molecule has 104 valence electrons. The van der Waals surface area contributed by atoms with E-state index in [1.54, 1.807) is 6.33 Å². The molecular weight excluding hydrogens is 258 g/mol. The summed E-state index contributed by atoms with van der Waals surface area (Å²) in [6.07, 6.45) is 9.72. The lowest BCUT2D eigenvalue weighted by Crippen LogP contribution is -2.45. The fraction of sp³-hybridized carbons (Fsp3) is 0.714. The maximum atomic E-state index is 6.42. The Kier molecular flexibility index (Phi) is 4.05. The molecule has 0 saturated carbocycles. The summed E-state index contributed by atoms with van der Waals surface area (Å²) in [7, 11) is 0. The lowest BCUT2D eigenvalue weighted by Gasteiger charge is -2.44. The Morgan fingerprint density at radius 1 is 1.32 bits per heavy atom. The highest BCUT2D eigenvalue weighted by molar-refractivity contribution is 7.99. The van der Waals surface area contributed by atoms with Gasteiger partial charge in [0.1, 0.15) is 6.33 Å². The van der Waals surface area contributed by atoms with Crippen molar-refractivity contribution in [1.82, 2.24) is 9.97 Å². The van der Waals surface area contributed by atoms with Gasteiger partial charge in [0.25, 0.3) is 0 Å². The highest BCUT2D eigenvalue weighted by Gasteiger charge is 2.40. The number of aromatic nitrogens is 2. The molecule has 2 atom stereocenters. The molecular formula is C14H21N3OS. The van der Waals surface area contributed by atoms with E-state index in [9.17, 15) is 0 Å². The van der Waals surface area contributed by atoms with Crippen molar-refractivity contribution in [2.45, 2.75) is 37.3 Å². The van der Waals surface area contributed by atoms with E-state index in [0.29, 0.717) is 5.92 Å². The lowest BCUT2D eigenvalue weighted by atomic mass is 9.77. The summed E-state index contributed by atoms with van der Waals surface area (Å²) in [6.45, 7) is 0.844. The van der Waals surface area contributed by atoms with Gasteiger partial charge in [-0.05, 0) is 43.1 Å². The van der Waals surface area contributed by atoms with E-state index in [1.807, 2.05) is 24.2 Å². The van der Waals surface area contributed by atoms with Crippen molar-refractivity contribution in [1.29, 1.82) is 0 Å². The van der Waals surface area contributed by atoms with Crippen LogP contribution in [0.15, 0.2) is 18.7 Å². The van der Waals surface area contributed by atoms with Gasteiger partial charge in [0, 0.05) is 30.6 Å². The number of thioether (sulfide) groups is 1. The minimum absolute atomic E-state index is 0.0385. The Balaban J connectivity index is 1.71. The Bertz CT molecular complexity index is 403. The van der Waals surface area contributed by atoms with Crippen LogP contribution in [-0.2, 0) is 4.74 Å². The minimum Gasteiger partial charge on any atom is -0.375 e. The fourth-order valence-corrected chi connectivity index (χ4v) is 4.46. The average molecular weight is 279 g/mol. The maximum absolute atomic E-state index is 6.42. The summed E-state index contributed by atoms with van der Waals surface area (Å²) in [6, 6.07) is 0.0385. The van der Waals surface area contributed by atoms with E-state index in [4.69, 9.17) is 10.5 Å². The van der Waals surface area contributed by atoms with Crippen LogP contribution >= 0.6 is 11.8 Å². The largest absolute Gasteiger partial charge is 0.375 e. The molecule has 1 aromatic heterocycles. The molecule has 5 heteroatoms. The predicted molar refractivity (Wildman–Crippen MR) is 76.9 cm³/mol. The zero-order valence-corrected chi connectivity index (χ0v) is 11.9. The van der Waals surface area contributed by atoms with E-state index in [2.05, 4.69) is 9.97 Å². The Morgan fingerprint density at radius 2 is 2.05 bits per heavy atom. The molecule has 2 fully saturated rings. The van der Waals surface area contributed by atoms with E-state index in [1.165, 1.54) is 24.3 Å². The van der Waals surface area contributed by atoms with Crippen molar-refractivity contribution >= 4 is 11.8 Å². The number of nitrogens with two attached hydrogens (primary N) is 1. The number of hydrogen-bond donors (Lipinski definition) is 1. The third-order valence-electron chi connectivity index (χ3n) is 4.41. The van der Waals surface area contributed by atoms with Crippen molar-refractivity contribution < 1.29 is 4.74 Å². The normalized spacial score (nSPS) is 28.2. The summed E-state index contributed by atoms with van der Waals surface area (Å²) in [4.78, 5) is 8.16. The zero-order valence-electron chi connectivity index (χ0n) is 11.1. The summed E-state index contributed by atoms with van der Waals surface area (Å²) < 4.78 is 6.12. The van der Waals surface area contributed by atoms with Crippen LogP contribution in [0.1, 0.15) is 37.3 Å². The van der Waals surface area contributed by atoms with Crippen molar-refractivity contribution in [3.8, 4) is 0 Å². The average Bonchev–Trinajstić information content (AvgIpc) is 2.48. The second-order valence-corrected chi connectivity index (χ2v) is 6.82. The maximum Gasteiger partial charge on any atom is 0.115 e. The molecule has 3 rings (SSSR count). The van der Waals surface area contributed by atoms with Crippen LogP contribution in [-0.4, -0.2) is 33.7 Å². The first-order valence-electron chi connectivity index (χ1n) is 7.01. The van der Waals surface area contributed by atoms with Crippen LogP contribution in [0.3, 0.4) is 0 Å². The standard InChI is InChI=1S/C14H21N3OS/c15-13(12-8-16-10-17-9-12)11-1-4-18-14(7-11)2-5-19-6-3-14/h8-11,13H,1-7,15H2. The van der Waals surface area contributed by atoms with Gasteiger partial charge in [-0.15, -0.1) is 0 Å². The zero-order chi connectivity index (χ0) is 13.1. The Morgan fingerprint density at radius 3 is 2.79 bits per heavy atom. The van der Waals surface area contributed by atoms with Crippen molar-refractivity contribution in [2.24, 2.45) is 11.7 Å². The SMILES string of the molecule is NC(c1cncnc1)C1CCOC2(CCSCC2)C1. The first-order valence-corrected chi connectivity index (χ1v) is 8.17. The summed E-state index contributed by atoms with van der Waals surface area (Å²) in [5.74, 6) is 2.93. The Hall–Kier alpha value is -0.650. The fourth-order valence-electron chi connectivity index (χ4n) is 3.22. The van der Waals surface area contributed by atoms with E-state index in [-0.39, 0.29) is 11.6 Å². The molecule has 0 aromatic carbocycles. The van der Waals surface area contributed by atoms with Crippen LogP contribution < -0.4 is 5.73 Å². The molecule has 4 nitrogen and oxygen atoms in total. The third-order valence-corrected chi connectivity index (χ3v) is 5.39.